The van der Waals surface area contributed by atoms with Crippen molar-refractivity contribution in [1.82, 2.24) is 15.1 Å². The molecule has 4 heterocycles. The van der Waals surface area contributed by atoms with Gasteiger partial charge in [0.25, 0.3) is 5.91 Å². The van der Waals surface area contributed by atoms with Gasteiger partial charge in [0.15, 0.2) is 0 Å². The van der Waals surface area contributed by atoms with E-state index in [0.717, 1.165) is 50.1 Å². The summed E-state index contributed by atoms with van der Waals surface area (Å²) in [5.74, 6) is 0.177. The summed E-state index contributed by atoms with van der Waals surface area (Å²) in [5, 5.41) is 2.97. The molecule has 7 heteroatoms. The van der Waals surface area contributed by atoms with Gasteiger partial charge in [-0.05, 0) is 51.2 Å². The van der Waals surface area contributed by atoms with Crippen molar-refractivity contribution < 1.29 is 14.3 Å². The van der Waals surface area contributed by atoms with E-state index in [1.54, 1.807) is 11.3 Å². The van der Waals surface area contributed by atoms with Crippen molar-refractivity contribution in [3.05, 3.63) is 21.4 Å². The van der Waals surface area contributed by atoms with E-state index in [2.05, 4.69) is 11.4 Å². The van der Waals surface area contributed by atoms with Crippen LogP contribution in [0.25, 0.3) is 0 Å². The van der Waals surface area contributed by atoms with Gasteiger partial charge in [0.2, 0.25) is 0 Å². The van der Waals surface area contributed by atoms with Gasteiger partial charge in [0.05, 0.1) is 17.1 Å². The zero-order chi connectivity index (χ0) is 19.0. The Kier molecular flexibility index (Phi) is 5.16. The highest BCUT2D eigenvalue weighted by molar-refractivity contribution is 7.14. The molecule has 0 unspecified atom stereocenters. The summed E-state index contributed by atoms with van der Waals surface area (Å²) in [6.07, 6.45) is 4.68. The standard InChI is InChI=1S/C20H29N3O3S/c1-14(2)21-19(25)23-10-6-20(7-11-23)15-13-17(27-16(15)5-12-26-20)18(24)22-8-3-4-9-22/h13-14H,3-12H2,1-2H3,(H,21,25). The number of hydrogen-bond donors (Lipinski definition) is 1. The zero-order valence-electron chi connectivity index (χ0n) is 16.3. The van der Waals surface area contributed by atoms with Gasteiger partial charge < -0.3 is 19.9 Å². The molecule has 3 amide bonds. The summed E-state index contributed by atoms with van der Waals surface area (Å²) < 4.78 is 6.28. The number of nitrogens with one attached hydrogen (secondary N) is 1. The maximum absolute atomic E-state index is 12.8. The molecular formula is C20H29N3O3S. The molecule has 0 aliphatic carbocycles. The number of likely N-dealkylation sites (tertiary alicyclic amines) is 2. The fraction of sp³-hybridized carbons (Fsp3) is 0.700. The van der Waals surface area contributed by atoms with E-state index >= 15 is 0 Å². The zero-order valence-corrected chi connectivity index (χ0v) is 17.1. The monoisotopic (exact) mass is 391 g/mol. The second-order valence-electron chi connectivity index (χ2n) is 8.13. The molecule has 0 aromatic carbocycles. The van der Waals surface area contributed by atoms with Crippen LogP contribution in [0.1, 0.15) is 59.6 Å². The van der Waals surface area contributed by atoms with Crippen LogP contribution in [0.2, 0.25) is 0 Å². The van der Waals surface area contributed by atoms with Crippen LogP contribution in [-0.2, 0) is 16.8 Å². The molecule has 1 N–H and O–H groups in total. The molecule has 0 atom stereocenters. The minimum Gasteiger partial charge on any atom is -0.370 e. The smallest absolute Gasteiger partial charge is 0.317 e. The molecule has 3 aliphatic heterocycles. The Morgan fingerprint density at radius 3 is 2.52 bits per heavy atom. The predicted octanol–water partition coefficient (Wildman–Crippen LogP) is 2.97. The van der Waals surface area contributed by atoms with Gasteiger partial charge in [-0.15, -0.1) is 11.3 Å². The first-order valence-electron chi connectivity index (χ1n) is 10.1. The first kappa shape index (κ1) is 18.7. The first-order valence-corrected chi connectivity index (χ1v) is 10.9. The third kappa shape index (κ3) is 3.59. The molecular weight excluding hydrogens is 362 g/mol. The molecule has 0 bridgehead atoms. The summed E-state index contributed by atoms with van der Waals surface area (Å²) in [6.45, 7) is 7.77. The minimum atomic E-state index is -0.331. The van der Waals surface area contributed by atoms with Gasteiger partial charge in [0.1, 0.15) is 0 Å². The van der Waals surface area contributed by atoms with Crippen LogP contribution in [-0.4, -0.2) is 60.6 Å². The number of hydrogen-bond acceptors (Lipinski definition) is 4. The van der Waals surface area contributed by atoms with Crippen LogP contribution in [0, 0.1) is 0 Å². The Bertz CT molecular complexity index is 716. The van der Waals surface area contributed by atoms with Gasteiger partial charge in [-0.3, -0.25) is 4.79 Å². The molecule has 0 saturated carbocycles. The molecule has 3 aliphatic rings. The van der Waals surface area contributed by atoms with Crippen LogP contribution in [0.3, 0.4) is 0 Å². The van der Waals surface area contributed by atoms with Crippen LogP contribution in [0.15, 0.2) is 6.07 Å². The molecule has 4 rings (SSSR count). The molecule has 1 spiro atoms. The highest BCUT2D eigenvalue weighted by Crippen LogP contribution is 2.44. The lowest BCUT2D eigenvalue weighted by atomic mass is 9.82. The molecule has 1 aromatic rings. The molecule has 1 aromatic heterocycles. The molecule has 6 nitrogen and oxygen atoms in total. The quantitative estimate of drug-likeness (QED) is 0.843. The average molecular weight is 392 g/mol. The number of amides is 3. The number of thiophene rings is 1. The molecule has 2 saturated heterocycles. The van der Waals surface area contributed by atoms with Crippen molar-refractivity contribution in [2.75, 3.05) is 32.8 Å². The molecule has 0 radical (unpaired) electrons. The number of nitrogens with zero attached hydrogens (tertiary/aromatic N) is 2. The van der Waals surface area contributed by atoms with Gasteiger partial charge >= 0.3 is 6.03 Å². The van der Waals surface area contributed by atoms with E-state index in [4.69, 9.17) is 4.74 Å². The van der Waals surface area contributed by atoms with Crippen molar-refractivity contribution in [2.24, 2.45) is 0 Å². The van der Waals surface area contributed by atoms with E-state index < -0.39 is 0 Å². The Balaban J connectivity index is 1.50. The van der Waals surface area contributed by atoms with Gasteiger partial charge in [-0.2, -0.15) is 0 Å². The number of piperidine rings is 1. The Labute approximate surface area is 164 Å². The lowest BCUT2D eigenvalue weighted by molar-refractivity contribution is -0.0917. The molecule has 27 heavy (non-hydrogen) atoms. The van der Waals surface area contributed by atoms with Crippen molar-refractivity contribution in [3.63, 3.8) is 0 Å². The molecule has 2 fully saturated rings. The number of fused-ring (bicyclic) bond motifs is 2. The second-order valence-corrected chi connectivity index (χ2v) is 9.27. The topological polar surface area (TPSA) is 61.9 Å². The highest BCUT2D eigenvalue weighted by atomic mass is 32.1. The summed E-state index contributed by atoms with van der Waals surface area (Å²) >= 11 is 1.65. The van der Waals surface area contributed by atoms with E-state index in [-0.39, 0.29) is 23.6 Å². The summed E-state index contributed by atoms with van der Waals surface area (Å²) in [7, 11) is 0. The van der Waals surface area contributed by atoms with Crippen molar-refractivity contribution >= 4 is 23.3 Å². The van der Waals surface area contributed by atoms with Gasteiger partial charge in [0, 0.05) is 43.5 Å². The second kappa shape index (κ2) is 7.43. The Hall–Kier alpha value is -1.60. The average Bonchev–Trinajstić information content (AvgIpc) is 3.32. The van der Waals surface area contributed by atoms with E-state index in [1.807, 2.05) is 23.6 Å². The van der Waals surface area contributed by atoms with E-state index in [1.165, 1.54) is 10.4 Å². The Morgan fingerprint density at radius 2 is 1.85 bits per heavy atom. The van der Waals surface area contributed by atoms with E-state index in [0.29, 0.717) is 19.7 Å². The van der Waals surface area contributed by atoms with Crippen molar-refractivity contribution in [2.45, 2.75) is 57.6 Å². The first-order chi connectivity index (χ1) is 13.0. The third-order valence-corrected chi connectivity index (χ3v) is 7.06. The van der Waals surface area contributed by atoms with Crippen molar-refractivity contribution in [1.29, 1.82) is 0 Å². The third-order valence-electron chi connectivity index (χ3n) is 5.88. The van der Waals surface area contributed by atoms with Crippen LogP contribution in [0.5, 0.6) is 0 Å². The van der Waals surface area contributed by atoms with E-state index in [9.17, 15) is 9.59 Å². The van der Waals surface area contributed by atoms with Crippen LogP contribution < -0.4 is 5.32 Å². The fourth-order valence-electron chi connectivity index (χ4n) is 4.42. The predicted molar refractivity (Wildman–Crippen MR) is 105 cm³/mol. The number of carbonyl (C=O) groups is 2. The van der Waals surface area contributed by atoms with Crippen LogP contribution >= 0.6 is 11.3 Å². The largest absolute Gasteiger partial charge is 0.370 e. The summed E-state index contributed by atoms with van der Waals surface area (Å²) in [6, 6.07) is 2.23. The maximum atomic E-state index is 12.8. The normalized spacial score (nSPS) is 21.6. The maximum Gasteiger partial charge on any atom is 0.317 e. The lowest BCUT2D eigenvalue weighted by Gasteiger charge is -2.44. The SMILES string of the molecule is CC(C)NC(=O)N1CCC2(CC1)OCCc1sc(C(=O)N3CCCC3)cc12. The number of ether oxygens (including phenoxy) is 1. The van der Waals surface area contributed by atoms with Gasteiger partial charge in [-0.1, -0.05) is 0 Å². The Morgan fingerprint density at radius 1 is 1.15 bits per heavy atom. The molecule has 148 valence electrons. The van der Waals surface area contributed by atoms with Gasteiger partial charge in [-0.25, -0.2) is 4.79 Å². The van der Waals surface area contributed by atoms with Crippen molar-refractivity contribution in [3.8, 4) is 0 Å². The summed E-state index contributed by atoms with van der Waals surface area (Å²) in [4.78, 5) is 31.1. The lowest BCUT2D eigenvalue weighted by Crippen LogP contribution is -2.51. The minimum absolute atomic E-state index is 0.00565. The van der Waals surface area contributed by atoms with Crippen LogP contribution in [0.4, 0.5) is 4.79 Å². The fourth-order valence-corrected chi connectivity index (χ4v) is 5.62. The number of urea groups is 1. The number of carbonyl (C=O) groups excluding carboxylic acids is 2. The summed E-state index contributed by atoms with van der Waals surface area (Å²) in [5.41, 5.74) is 0.868. The number of rotatable bonds is 2. The highest BCUT2D eigenvalue weighted by Gasteiger charge is 2.43.